The molecule has 2 saturated heterocycles. The molecule has 0 aromatic heterocycles. The normalized spacial score (nSPS) is 22.2. The topological polar surface area (TPSA) is 81.2 Å². The summed E-state index contributed by atoms with van der Waals surface area (Å²) < 4.78 is 0. The molecule has 3 amide bonds. The fourth-order valence-corrected chi connectivity index (χ4v) is 4.90. The van der Waals surface area contributed by atoms with Gasteiger partial charge in [0, 0.05) is 38.5 Å². The van der Waals surface area contributed by atoms with Gasteiger partial charge in [0.05, 0.1) is 25.2 Å². The number of nitrogens with zero attached hydrogens (tertiary/aromatic N) is 3. The van der Waals surface area contributed by atoms with E-state index in [2.05, 4.69) is 0 Å². The molecule has 2 aromatic carbocycles. The maximum Gasteiger partial charge on any atom is 0.253 e. The third-order valence-electron chi connectivity index (χ3n) is 6.55. The summed E-state index contributed by atoms with van der Waals surface area (Å²) >= 11 is 0. The van der Waals surface area contributed by atoms with Crippen LogP contribution in [0, 0.1) is 0 Å². The van der Waals surface area contributed by atoms with E-state index in [1.807, 2.05) is 42.5 Å². The number of benzene rings is 2. The second-order valence-corrected chi connectivity index (χ2v) is 8.67. The summed E-state index contributed by atoms with van der Waals surface area (Å²) in [4.78, 5) is 42.0. The summed E-state index contributed by atoms with van der Waals surface area (Å²) in [5.41, 5.74) is 3.60. The molecule has 3 atom stereocenters. The highest BCUT2D eigenvalue weighted by Crippen LogP contribution is 2.43. The van der Waals surface area contributed by atoms with Crippen LogP contribution in [0.1, 0.15) is 35.2 Å². The molecule has 1 N–H and O–H groups in total. The van der Waals surface area contributed by atoms with Crippen molar-refractivity contribution in [3.63, 3.8) is 0 Å². The van der Waals surface area contributed by atoms with E-state index in [-0.39, 0.29) is 48.9 Å². The van der Waals surface area contributed by atoms with Gasteiger partial charge in [0.2, 0.25) is 11.8 Å². The van der Waals surface area contributed by atoms with Crippen LogP contribution in [0.5, 0.6) is 0 Å². The molecule has 2 aliphatic heterocycles. The molecule has 0 saturated carbocycles. The van der Waals surface area contributed by atoms with Crippen molar-refractivity contribution in [2.24, 2.45) is 0 Å². The second-order valence-electron chi connectivity index (χ2n) is 8.67. The Kier molecular flexibility index (Phi) is 6.02. The Morgan fingerprint density at radius 2 is 1.81 bits per heavy atom. The monoisotopic (exact) mass is 435 g/mol. The number of aliphatic hydroxyl groups is 1. The van der Waals surface area contributed by atoms with Crippen LogP contribution in [-0.2, 0) is 9.59 Å². The summed E-state index contributed by atoms with van der Waals surface area (Å²) in [5, 5.41) is 9.95. The zero-order valence-electron chi connectivity index (χ0n) is 18.7. The van der Waals surface area contributed by atoms with E-state index >= 15 is 0 Å². The Balaban J connectivity index is 1.57. The average molecular weight is 436 g/mol. The summed E-state index contributed by atoms with van der Waals surface area (Å²) in [5.74, 6) is -0.187. The summed E-state index contributed by atoms with van der Waals surface area (Å²) in [6, 6.07) is 15.2. The molecule has 7 nitrogen and oxygen atoms in total. The first-order valence-electron chi connectivity index (χ1n) is 11.0. The van der Waals surface area contributed by atoms with Crippen molar-refractivity contribution in [2.45, 2.75) is 31.3 Å². The van der Waals surface area contributed by atoms with Gasteiger partial charge in [-0.3, -0.25) is 14.4 Å². The molecule has 2 fully saturated rings. The number of rotatable bonds is 5. The van der Waals surface area contributed by atoms with Crippen LogP contribution in [0.15, 0.2) is 48.5 Å². The van der Waals surface area contributed by atoms with Crippen molar-refractivity contribution in [1.82, 2.24) is 14.7 Å². The molecule has 2 aromatic rings. The fourth-order valence-electron chi connectivity index (χ4n) is 4.90. The lowest BCUT2D eigenvalue weighted by molar-refractivity contribution is -0.166. The molecule has 0 radical (unpaired) electrons. The van der Waals surface area contributed by atoms with Crippen molar-refractivity contribution >= 4 is 17.7 Å². The van der Waals surface area contributed by atoms with E-state index in [4.69, 9.17) is 0 Å². The number of fused-ring (bicyclic) bond motifs is 1. The van der Waals surface area contributed by atoms with Crippen LogP contribution in [0.25, 0.3) is 11.1 Å². The third kappa shape index (κ3) is 3.77. The number of hydrogen-bond acceptors (Lipinski definition) is 4. The van der Waals surface area contributed by atoms with Gasteiger partial charge in [0.1, 0.15) is 0 Å². The van der Waals surface area contributed by atoms with Gasteiger partial charge in [0.25, 0.3) is 5.91 Å². The van der Waals surface area contributed by atoms with E-state index in [0.717, 1.165) is 16.7 Å². The summed E-state index contributed by atoms with van der Waals surface area (Å²) in [6.45, 7) is 2.28. The second kappa shape index (κ2) is 8.74. The lowest BCUT2D eigenvalue weighted by atomic mass is 9.73. The summed E-state index contributed by atoms with van der Waals surface area (Å²) in [6.07, 6.45) is 0.373. The summed E-state index contributed by atoms with van der Waals surface area (Å²) in [7, 11) is 3.46. The van der Waals surface area contributed by atoms with Gasteiger partial charge < -0.3 is 19.8 Å². The van der Waals surface area contributed by atoms with Gasteiger partial charge in [-0.15, -0.1) is 0 Å². The largest absolute Gasteiger partial charge is 0.394 e. The number of piperazine rings is 1. The number of carbonyl (C=O) groups excluding carboxylic acids is 3. The van der Waals surface area contributed by atoms with Gasteiger partial charge in [-0.25, -0.2) is 0 Å². The number of amides is 3. The average Bonchev–Trinajstić information content (AvgIpc) is 2.79. The highest BCUT2D eigenvalue weighted by Gasteiger charge is 2.54. The Morgan fingerprint density at radius 1 is 1.09 bits per heavy atom. The molecule has 7 heteroatoms. The van der Waals surface area contributed by atoms with Crippen molar-refractivity contribution in [1.29, 1.82) is 0 Å². The van der Waals surface area contributed by atoms with Gasteiger partial charge in [-0.05, 0) is 28.8 Å². The zero-order valence-corrected chi connectivity index (χ0v) is 18.7. The maximum atomic E-state index is 12.6. The fraction of sp³-hybridized carbons (Fsp3) is 0.400. The highest BCUT2D eigenvalue weighted by atomic mass is 16.3. The van der Waals surface area contributed by atoms with Crippen LogP contribution in [0.2, 0.25) is 0 Å². The van der Waals surface area contributed by atoms with Crippen molar-refractivity contribution < 1.29 is 19.5 Å². The number of carbonyl (C=O) groups is 3. The first kappa shape index (κ1) is 22.0. The van der Waals surface area contributed by atoms with Gasteiger partial charge in [0.15, 0.2) is 0 Å². The lowest BCUT2D eigenvalue weighted by Crippen LogP contribution is -2.73. The SMILES string of the molecule is CCC(=O)N1CC(=O)N2[C@H](CO)[C@H](c3ccc(-c4cccc(C(=O)N(C)C)c4)cc3)[C@@H]2C1. The molecule has 0 unspecified atom stereocenters. The molecular formula is C25H29N3O4. The Labute approximate surface area is 188 Å². The smallest absolute Gasteiger partial charge is 0.253 e. The minimum atomic E-state index is -0.265. The van der Waals surface area contributed by atoms with Gasteiger partial charge in [-0.2, -0.15) is 0 Å². The number of aliphatic hydroxyl groups excluding tert-OH is 1. The Morgan fingerprint density at radius 3 is 2.44 bits per heavy atom. The minimum absolute atomic E-state index is 0.0212. The number of hydrogen-bond donors (Lipinski definition) is 1. The Bertz CT molecular complexity index is 1030. The van der Waals surface area contributed by atoms with E-state index in [1.165, 1.54) is 0 Å². The predicted molar refractivity (Wildman–Crippen MR) is 121 cm³/mol. The van der Waals surface area contributed by atoms with Crippen LogP contribution in [0.3, 0.4) is 0 Å². The Hall–Kier alpha value is -3.19. The van der Waals surface area contributed by atoms with Gasteiger partial charge >= 0.3 is 0 Å². The van der Waals surface area contributed by atoms with Crippen molar-refractivity contribution in [3.8, 4) is 11.1 Å². The quantitative estimate of drug-likeness (QED) is 0.779. The molecule has 2 heterocycles. The minimum Gasteiger partial charge on any atom is -0.394 e. The van der Waals surface area contributed by atoms with Crippen LogP contribution in [0.4, 0.5) is 0 Å². The molecule has 0 aliphatic carbocycles. The van der Waals surface area contributed by atoms with Crippen LogP contribution in [-0.4, -0.2) is 83.4 Å². The lowest BCUT2D eigenvalue weighted by Gasteiger charge is -2.58. The van der Waals surface area contributed by atoms with Gasteiger partial charge in [-0.1, -0.05) is 43.3 Å². The van der Waals surface area contributed by atoms with Crippen LogP contribution >= 0.6 is 0 Å². The van der Waals surface area contributed by atoms with E-state index in [9.17, 15) is 19.5 Å². The predicted octanol–water partition coefficient (Wildman–Crippen LogP) is 1.96. The molecular weight excluding hydrogens is 406 g/mol. The third-order valence-corrected chi connectivity index (χ3v) is 6.55. The first-order chi connectivity index (χ1) is 15.3. The molecule has 0 bridgehead atoms. The van der Waals surface area contributed by atoms with E-state index in [1.54, 1.807) is 41.8 Å². The van der Waals surface area contributed by atoms with Crippen molar-refractivity contribution in [3.05, 3.63) is 59.7 Å². The molecule has 0 spiro atoms. The van der Waals surface area contributed by atoms with E-state index in [0.29, 0.717) is 18.5 Å². The molecule has 4 rings (SSSR count). The maximum absolute atomic E-state index is 12.6. The van der Waals surface area contributed by atoms with Crippen molar-refractivity contribution in [2.75, 3.05) is 33.8 Å². The molecule has 168 valence electrons. The highest BCUT2D eigenvalue weighted by molar-refractivity contribution is 5.95. The van der Waals surface area contributed by atoms with E-state index < -0.39 is 0 Å². The molecule has 2 aliphatic rings. The van der Waals surface area contributed by atoms with Crippen LogP contribution < -0.4 is 0 Å². The zero-order chi connectivity index (χ0) is 23.0. The standard InChI is InChI=1S/C25H29N3O4/c1-4-22(30)27-13-20-24(21(15-29)28(20)23(31)14-27)17-10-8-16(9-11-17)18-6-5-7-19(12-18)25(32)26(2)3/h5-12,20-21,24,29H,4,13-15H2,1-3H3/t20-,21+,24+/m0/s1. The molecule has 32 heavy (non-hydrogen) atoms. The first-order valence-corrected chi connectivity index (χ1v) is 11.0.